The van der Waals surface area contributed by atoms with E-state index in [9.17, 15) is 0 Å². The van der Waals surface area contributed by atoms with Crippen molar-refractivity contribution in [2.24, 2.45) is 0 Å². The zero-order valence-corrected chi connectivity index (χ0v) is 37.5. The van der Waals surface area contributed by atoms with Crippen LogP contribution >= 0.6 is 0 Å². The summed E-state index contributed by atoms with van der Waals surface area (Å²) in [4.78, 5) is 17.5. The van der Waals surface area contributed by atoms with Gasteiger partial charge in [-0.15, -0.1) is 0 Å². The Hall–Kier alpha value is -8.73. The van der Waals surface area contributed by atoms with E-state index in [0.29, 0.717) is 17.5 Å². The quantitative estimate of drug-likeness (QED) is 0.150. The van der Waals surface area contributed by atoms with Crippen molar-refractivity contribution < 1.29 is 0 Å². The molecule has 1 aliphatic heterocycles. The van der Waals surface area contributed by atoms with Crippen molar-refractivity contribution in [1.82, 2.24) is 15.0 Å². The Morgan fingerprint density at radius 1 is 0.382 bits per heavy atom. The number of nitrogens with zero attached hydrogens (tertiary/aromatic N) is 4. The third kappa shape index (κ3) is 6.48. The van der Waals surface area contributed by atoms with Gasteiger partial charge in [0.05, 0.1) is 5.69 Å². The van der Waals surface area contributed by atoms with Crippen molar-refractivity contribution in [1.29, 1.82) is 0 Å². The van der Waals surface area contributed by atoms with Crippen LogP contribution in [0.1, 0.15) is 24.0 Å². The molecule has 68 heavy (non-hydrogen) atoms. The van der Waals surface area contributed by atoms with Crippen molar-refractivity contribution >= 4 is 43.7 Å². The molecule has 1 aliphatic carbocycles. The number of fused-ring (bicyclic) bond motifs is 9. The lowest BCUT2D eigenvalue weighted by atomic mass is 9.66. The highest BCUT2D eigenvalue weighted by Gasteiger charge is 2.50. The molecule has 0 bridgehead atoms. The van der Waals surface area contributed by atoms with Crippen LogP contribution in [0.4, 0.5) is 11.4 Å². The molecule has 2 aliphatic rings. The molecule has 4 heteroatoms. The van der Waals surface area contributed by atoms with Gasteiger partial charge in [-0.05, 0) is 115 Å². The van der Waals surface area contributed by atoms with E-state index in [-0.39, 0.29) is 11.3 Å². The van der Waals surface area contributed by atoms with Crippen LogP contribution in [0.25, 0.3) is 88.7 Å². The second kappa shape index (κ2) is 16.0. The smallest absolute Gasteiger partial charge is 0.164 e. The van der Waals surface area contributed by atoms with E-state index in [1.165, 1.54) is 66.0 Å². The highest BCUT2D eigenvalue weighted by molar-refractivity contribution is 6.25. The Bertz CT molecular complexity index is 3730. The first-order valence-corrected chi connectivity index (χ1v) is 23.4. The van der Waals surface area contributed by atoms with E-state index < -0.39 is 0 Å². The maximum Gasteiger partial charge on any atom is 0.164 e. The van der Waals surface area contributed by atoms with Crippen molar-refractivity contribution in [3.05, 3.63) is 260 Å². The van der Waals surface area contributed by atoms with Crippen LogP contribution in [-0.2, 0) is 5.41 Å². The number of anilines is 2. The predicted octanol–water partition coefficient (Wildman–Crippen LogP) is 16.3. The number of hydrogen-bond acceptors (Lipinski definition) is 4. The lowest BCUT2D eigenvalue weighted by Crippen LogP contribution is -2.33. The van der Waals surface area contributed by atoms with Crippen molar-refractivity contribution in [2.45, 2.75) is 18.3 Å². The summed E-state index contributed by atoms with van der Waals surface area (Å²) in [6.45, 7) is 2.45. The zero-order valence-electron chi connectivity index (χ0n) is 37.5. The fourth-order valence-electron chi connectivity index (χ4n) is 10.9. The molecule has 0 fully saturated rings. The summed E-state index contributed by atoms with van der Waals surface area (Å²) in [5.41, 5.74) is 13.3. The molecular weight excluding hydrogens is 825 g/mol. The van der Waals surface area contributed by atoms with Crippen LogP contribution in [0.2, 0.25) is 0 Å². The summed E-state index contributed by atoms with van der Waals surface area (Å²) < 4.78 is 0. The van der Waals surface area contributed by atoms with Gasteiger partial charge in [-0.1, -0.05) is 200 Å². The van der Waals surface area contributed by atoms with Gasteiger partial charge in [0.2, 0.25) is 0 Å². The number of benzene rings is 10. The minimum atomic E-state index is -0.386. The molecule has 0 spiro atoms. The average molecular weight is 869 g/mol. The first-order chi connectivity index (χ1) is 33.6. The number of para-hydroxylation sites is 1. The van der Waals surface area contributed by atoms with Crippen LogP contribution in [0.15, 0.2) is 248 Å². The van der Waals surface area contributed by atoms with Crippen molar-refractivity contribution in [3.63, 3.8) is 0 Å². The molecule has 11 aromatic rings. The van der Waals surface area contributed by atoms with Gasteiger partial charge in [0.25, 0.3) is 0 Å². The number of hydrogen-bond donors (Lipinski definition) is 0. The summed E-state index contributed by atoms with van der Waals surface area (Å²) >= 11 is 0. The molecule has 2 unspecified atom stereocenters. The van der Waals surface area contributed by atoms with Crippen molar-refractivity contribution in [3.8, 4) is 56.4 Å². The Labute approximate surface area is 395 Å². The van der Waals surface area contributed by atoms with E-state index in [1.807, 2.05) is 60.7 Å². The minimum absolute atomic E-state index is 0.0469. The molecule has 0 saturated heterocycles. The molecule has 1 aromatic heterocycles. The maximum atomic E-state index is 5.05. The zero-order chi connectivity index (χ0) is 45.2. The highest BCUT2D eigenvalue weighted by Crippen LogP contribution is 2.59. The normalized spacial score (nSPS) is 16.2. The monoisotopic (exact) mass is 868 g/mol. The van der Waals surface area contributed by atoms with E-state index in [4.69, 9.17) is 15.0 Å². The Kier molecular flexibility index (Phi) is 9.33. The van der Waals surface area contributed by atoms with Gasteiger partial charge in [-0.2, -0.15) is 0 Å². The lowest BCUT2D eigenvalue weighted by Gasteiger charge is -2.38. The fraction of sp³-hybridized carbons (Fsp3) is 0.0469. The number of rotatable bonds is 7. The minimum Gasteiger partial charge on any atom is -0.313 e. The number of aromatic nitrogens is 3. The first-order valence-electron chi connectivity index (χ1n) is 23.4. The molecule has 2 heterocycles. The molecule has 13 rings (SSSR count). The molecule has 320 valence electrons. The first kappa shape index (κ1) is 39.6. The average Bonchev–Trinajstić information content (AvgIpc) is 3.69. The molecule has 4 nitrogen and oxygen atoms in total. The van der Waals surface area contributed by atoms with Crippen molar-refractivity contribution in [2.75, 3.05) is 4.90 Å². The van der Waals surface area contributed by atoms with E-state index in [2.05, 4.69) is 194 Å². The van der Waals surface area contributed by atoms with Crippen LogP contribution < -0.4 is 4.90 Å². The topological polar surface area (TPSA) is 41.9 Å². The van der Waals surface area contributed by atoms with Crippen LogP contribution in [0.3, 0.4) is 0 Å². The van der Waals surface area contributed by atoms with Gasteiger partial charge in [0.1, 0.15) is 0 Å². The SMILES string of the molecule is CC12C(=CC=CC1c1cccc(-c3cccc(-c4nc(-c5ccccc5)nc(-c5ccccc5)n4)c3)c1)N(c1ccccc1)c1ccc(-c3ccc4c5ccccc5c5ccccc5c4c3)cc12. The van der Waals surface area contributed by atoms with Gasteiger partial charge in [0, 0.05) is 39.4 Å². The van der Waals surface area contributed by atoms with Gasteiger partial charge >= 0.3 is 0 Å². The fourth-order valence-corrected chi connectivity index (χ4v) is 10.9. The summed E-state index contributed by atoms with van der Waals surface area (Å²) in [6, 6.07) is 80.6. The molecule has 0 amide bonds. The third-order valence-electron chi connectivity index (χ3n) is 14.2. The van der Waals surface area contributed by atoms with Gasteiger partial charge in [-0.25, -0.2) is 15.0 Å². The molecule has 0 N–H and O–H groups in total. The third-order valence-corrected chi connectivity index (χ3v) is 14.2. The Morgan fingerprint density at radius 3 is 1.50 bits per heavy atom. The largest absolute Gasteiger partial charge is 0.313 e. The van der Waals surface area contributed by atoms with E-state index >= 15 is 0 Å². The predicted molar refractivity (Wildman–Crippen MR) is 282 cm³/mol. The summed E-state index contributed by atoms with van der Waals surface area (Å²) in [5, 5.41) is 7.70. The Balaban J connectivity index is 0.917. The van der Waals surface area contributed by atoms with E-state index in [1.54, 1.807) is 0 Å². The van der Waals surface area contributed by atoms with Crippen LogP contribution in [-0.4, -0.2) is 15.0 Å². The molecule has 2 atom stereocenters. The van der Waals surface area contributed by atoms with Gasteiger partial charge < -0.3 is 4.90 Å². The Morgan fingerprint density at radius 2 is 0.853 bits per heavy atom. The van der Waals surface area contributed by atoms with Gasteiger partial charge in [0.15, 0.2) is 17.5 Å². The second-order valence-electron chi connectivity index (χ2n) is 18.1. The summed E-state index contributed by atoms with van der Waals surface area (Å²) in [7, 11) is 0. The van der Waals surface area contributed by atoms with Crippen LogP contribution in [0.5, 0.6) is 0 Å². The van der Waals surface area contributed by atoms with Crippen LogP contribution in [0, 0.1) is 0 Å². The molecule has 10 aromatic carbocycles. The van der Waals surface area contributed by atoms with E-state index in [0.717, 1.165) is 33.5 Å². The second-order valence-corrected chi connectivity index (χ2v) is 18.1. The maximum absolute atomic E-state index is 5.05. The number of allylic oxidation sites excluding steroid dienone is 4. The molecule has 0 saturated carbocycles. The molecule has 0 radical (unpaired) electrons. The lowest BCUT2D eigenvalue weighted by molar-refractivity contribution is 0.507. The summed E-state index contributed by atoms with van der Waals surface area (Å²) in [6.07, 6.45) is 6.98. The highest BCUT2D eigenvalue weighted by atomic mass is 15.2. The van der Waals surface area contributed by atoms with Gasteiger partial charge in [-0.3, -0.25) is 0 Å². The molecular formula is C64H44N4. The standard InChI is InChI=1S/C64H44N4/c1-64-57(48-24-15-22-44(38-48)45-23-16-25-49(39-45)63-66-61(42-18-5-2-6-19-42)65-62(67-63)43-20-7-3-8-21-43)32-17-33-60(64)68(50-26-9-4-10-27-50)59-37-35-47(41-58(59)64)46-34-36-55-53-30-12-11-28-51(53)52-29-13-14-31-54(52)56(55)40-46/h2-41,57H,1H3. The summed E-state index contributed by atoms with van der Waals surface area (Å²) in [5.74, 6) is 1.98.